The second-order valence-corrected chi connectivity index (χ2v) is 9.15. The molecule has 3 aromatic rings. The molecule has 11 heteroatoms. The second kappa shape index (κ2) is 7.19. The maximum Gasteiger partial charge on any atom is 0.296 e. The molecule has 3 rings (SSSR count). The van der Waals surface area contributed by atoms with Crippen LogP contribution < -0.4 is 0 Å². The van der Waals surface area contributed by atoms with Crippen molar-refractivity contribution < 1.29 is 31.0 Å². The Morgan fingerprint density at radius 2 is 1.34 bits per heavy atom. The minimum atomic E-state index is -4.79. The molecule has 0 bridgehead atoms. The standard InChI is InChI=1S/C18H16N2O7S2/c1-10-7-11(2)16(14(8-10)28(22,23)24)19-20-17-15(29(25,26)27)9-12-5-3-4-6-13(12)18(17)21/h3-9,21H,1-2H3,(H,22,23,24)(H,25,26,27). The SMILES string of the molecule is Cc1cc(C)c(N=Nc2c(S(=O)(=O)O)cc3ccccc3c2O)c(S(=O)(=O)O)c1. The molecule has 0 fully saturated rings. The Balaban J connectivity index is 2.32. The number of rotatable bonds is 4. The lowest BCUT2D eigenvalue weighted by Gasteiger charge is -2.10. The van der Waals surface area contributed by atoms with E-state index in [4.69, 9.17) is 0 Å². The molecule has 0 spiro atoms. The van der Waals surface area contributed by atoms with Gasteiger partial charge in [-0.05, 0) is 42.5 Å². The van der Waals surface area contributed by atoms with Crippen LogP contribution in [-0.2, 0) is 20.2 Å². The van der Waals surface area contributed by atoms with Gasteiger partial charge in [-0.3, -0.25) is 9.11 Å². The van der Waals surface area contributed by atoms with E-state index in [0.29, 0.717) is 16.5 Å². The van der Waals surface area contributed by atoms with E-state index >= 15 is 0 Å². The zero-order chi connectivity index (χ0) is 21.6. The highest BCUT2D eigenvalue weighted by molar-refractivity contribution is 7.86. The fourth-order valence-corrected chi connectivity index (χ4v) is 4.37. The topological polar surface area (TPSA) is 154 Å². The number of phenolic OH excluding ortho intramolecular Hbond substituents is 1. The summed E-state index contributed by atoms with van der Waals surface area (Å²) in [7, 11) is -9.44. The maximum absolute atomic E-state index is 11.8. The summed E-state index contributed by atoms with van der Waals surface area (Å²) < 4.78 is 66.1. The molecule has 0 aromatic heterocycles. The van der Waals surface area contributed by atoms with Gasteiger partial charge in [0.1, 0.15) is 21.2 Å². The van der Waals surface area contributed by atoms with Crippen molar-refractivity contribution in [2.45, 2.75) is 23.6 Å². The first kappa shape index (κ1) is 20.9. The van der Waals surface area contributed by atoms with Gasteiger partial charge in [0.15, 0.2) is 5.75 Å². The van der Waals surface area contributed by atoms with Crippen LogP contribution in [0.5, 0.6) is 5.75 Å². The molecule has 29 heavy (non-hydrogen) atoms. The summed E-state index contributed by atoms with van der Waals surface area (Å²) in [5.41, 5.74) is 0.0933. The van der Waals surface area contributed by atoms with Crippen molar-refractivity contribution >= 4 is 42.4 Å². The minimum absolute atomic E-state index is 0.230. The summed E-state index contributed by atoms with van der Waals surface area (Å²) in [4.78, 5) is -1.22. The zero-order valence-electron chi connectivity index (χ0n) is 15.2. The molecule has 0 atom stereocenters. The van der Waals surface area contributed by atoms with Gasteiger partial charge in [-0.2, -0.15) is 16.8 Å². The fraction of sp³-hybridized carbons (Fsp3) is 0.111. The molecule has 0 heterocycles. The molecule has 152 valence electrons. The Kier molecular flexibility index (Phi) is 5.17. The lowest BCUT2D eigenvalue weighted by molar-refractivity contribution is 0.472. The van der Waals surface area contributed by atoms with E-state index < -0.39 is 41.5 Å². The van der Waals surface area contributed by atoms with Crippen LogP contribution in [0.1, 0.15) is 11.1 Å². The van der Waals surface area contributed by atoms with Crippen LogP contribution in [0.2, 0.25) is 0 Å². The van der Waals surface area contributed by atoms with Crippen LogP contribution in [-0.4, -0.2) is 31.0 Å². The van der Waals surface area contributed by atoms with E-state index in [1.165, 1.54) is 25.1 Å². The smallest absolute Gasteiger partial charge is 0.296 e. The van der Waals surface area contributed by atoms with Crippen molar-refractivity contribution in [2.75, 3.05) is 0 Å². The van der Waals surface area contributed by atoms with Gasteiger partial charge in [-0.15, -0.1) is 10.2 Å². The third-order valence-corrected chi connectivity index (χ3v) is 5.91. The molecular weight excluding hydrogens is 420 g/mol. The molecule has 9 nitrogen and oxygen atoms in total. The highest BCUT2D eigenvalue weighted by atomic mass is 32.2. The Bertz CT molecular complexity index is 1380. The molecule has 0 aliphatic carbocycles. The monoisotopic (exact) mass is 436 g/mol. The Labute approximate surface area is 166 Å². The van der Waals surface area contributed by atoms with Gasteiger partial charge in [0.05, 0.1) is 0 Å². The number of azo groups is 1. The second-order valence-electron chi connectivity index (χ2n) is 6.37. The summed E-state index contributed by atoms with van der Waals surface area (Å²) in [5.74, 6) is -0.558. The van der Waals surface area contributed by atoms with Crippen LogP contribution >= 0.6 is 0 Å². The van der Waals surface area contributed by atoms with E-state index in [1.54, 1.807) is 25.1 Å². The number of benzene rings is 3. The molecule has 3 N–H and O–H groups in total. The van der Waals surface area contributed by atoms with Crippen molar-refractivity contribution in [3.63, 3.8) is 0 Å². The van der Waals surface area contributed by atoms with Crippen molar-refractivity contribution in [2.24, 2.45) is 10.2 Å². The summed E-state index contributed by atoms with van der Waals surface area (Å²) in [5, 5.41) is 18.6. The molecule has 0 saturated carbocycles. The van der Waals surface area contributed by atoms with Crippen molar-refractivity contribution in [3.8, 4) is 5.75 Å². The van der Waals surface area contributed by atoms with E-state index in [9.17, 15) is 31.0 Å². The first-order chi connectivity index (χ1) is 13.4. The zero-order valence-corrected chi connectivity index (χ0v) is 16.9. The van der Waals surface area contributed by atoms with Gasteiger partial charge in [-0.25, -0.2) is 0 Å². The quantitative estimate of drug-likeness (QED) is 0.411. The highest BCUT2D eigenvalue weighted by Crippen LogP contribution is 2.42. The predicted octanol–water partition coefficient (Wildman–Crippen LogP) is 4.07. The average molecular weight is 436 g/mol. The first-order valence-corrected chi connectivity index (χ1v) is 11.0. The van der Waals surface area contributed by atoms with Gasteiger partial charge in [0, 0.05) is 5.39 Å². The number of fused-ring (bicyclic) bond motifs is 1. The van der Waals surface area contributed by atoms with Crippen LogP contribution in [0.4, 0.5) is 11.4 Å². The summed E-state index contributed by atoms with van der Waals surface area (Å²) in [6.45, 7) is 3.15. The predicted molar refractivity (Wildman–Crippen MR) is 105 cm³/mol. The largest absolute Gasteiger partial charge is 0.505 e. The van der Waals surface area contributed by atoms with Crippen molar-refractivity contribution in [3.05, 3.63) is 53.6 Å². The molecule has 0 aliphatic heterocycles. The number of phenols is 1. The summed E-state index contributed by atoms with van der Waals surface area (Å²) >= 11 is 0. The number of hydrogen-bond donors (Lipinski definition) is 3. The van der Waals surface area contributed by atoms with Crippen LogP contribution in [0.3, 0.4) is 0 Å². The molecule has 0 amide bonds. The molecular formula is C18H16N2O7S2. The molecule has 0 radical (unpaired) electrons. The van der Waals surface area contributed by atoms with Crippen molar-refractivity contribution in [1.82, 2.24) is 0 Å². The third kappa shape index (κ3) is 4.12. The number of hydrogen-bond acceptors (Lipinski definition) is 7. The Hall–Kier alpha value is -2.86. The van der Waals surface area contributed by atoms with Gasteiger partial charge < -0.3 is 5.11 Å². The van der Waals surface area contributed by atoms with Gasteiger partial charge in [0.2, 0.25) is 0 Å². The third-order valence-electron chi connectivity index (χ3n) is 4.18. The van der Waals surface area contributed by atoms with Crippen LogP contribution in [0, 0.1) is 13.8 Å². The van der Waals surface area contributed by atoms with E-state index in [-0.39, 0.29) is 11.1 Å². The minimum Gasteiger partial charge on any atom is -0.505 e. The maximum atomic E-state index is 11.8. The molecule has 0 unspecified atom stereocenters. The van der Waals surface area contributed by atoms with E-state index in [2.05, 4.69) is 10.2 Å². The van der Waals surface area contributed by atoms with Crippen molar-refractivity contribution in [1.29, 1.82) is 0 Å². The molecule has 0 aliphatic rings. The number of aryl methyl sites for hydroxylation is 2. The molecule has 0 saturated heterocycles. The average Bonchev–Trinajstić information content (AvgIpc) is 2.60. The molecule has 3 aromatic carbocycles. The highest BCUT2D eigenvalue weighted by Gasteiger charge is 2.23. The number of aromatic hydroxyl groups is 1. The van der Waals surface area contributed by atoms with Crippen LogP contribution in [0.25, 0.3) is 10.8 Å². The lowest BCUT2D eigenvalue weighted by atomic mass is 10.1. The van der Waals surface area contributed by atoms with E-state index in [1.807, 2.05) is 0 Å². The van der Waals surface area contributed by atoms with E-state index in [0.717, 1.165) is 6.07 Å². The Morgan fingerprint density at radius 1 is 0.793 bits per heavy atom. The summed E-state index contributed by atoms with van der Waals surface area (Å²) in [6.07, 6.45) is 0. The Morgan fingerprint density at radius 3 is 1.97 bits per heavy atom. The lowest BCUT2D eigenvalue weighted by Crippen LogP contribution is -2.00. The van der Waals surface area contributed by atoms with Gasteiger partial charge in [-0.1, -0.05) is 30.3 Å². The van der Waals surface area contributed by atoms with Gasteiger partial charge in [0.25, 0.3) is 20.2 Å². The van der Waals surface area contributed by atoms with Gasteiger partial charge >= 0.3 is 0 Å². The number of nitrogens with zero attached hydrogens (tertiary/aromatic N) is 2. The first-order valence-electron chi connectivity index (χ1n) is 8.12. The van der Waals surface area contributed by atoms with Crippen LogP contribution in [0.15, 0.2) is 62.5 Å². The normalized spacial score (nSPS) is 12.7. The fourth-order valence-electron chi connectivity index (χ4n) is 2.93. The summed E-state index contributed by atoms with van der Waals surface area (Å²) in [6, 6.07) is 10.2.